The van der Waals surface area contributed by atoms with Gasteiger partial charge < -0.3 is 14.7 Å². The molecule has 14 nitrogen and oxygen atoms in total. The summed E-state index contributed by atoms with van der Waals surface area (Å²) in [5, 5.41) is 26.2. The lowest BCUT2D eigenvalue weighted by atomic mass is 10.0. The molecule has 0 saturated heterocycles. The molecule has 0 aliphatic carbocycles. The van der Waals surface area contributed by atoms with E-state index in [2.05, 4.69) is 44.1 Å². The lowest BCUT2D eigenvalue weighted by Gasteiger charge is -2.11. The van der Waals surface area contributed by atoms with E-state index in [-0.39, 0.29) is 26.4 Å². The Morgan fingerprint density at radius 3 is 0.905 bits per heavy atom. The first kappa shape index (κ1) is 61.9. The zero-order valence-corrected chi connectivity index (χ0v) is 41.1. The van der Waals surface area contributed by atoms with Gasteiger partial charge in [0.2, 0.25) is 0 Å². The van der Waals surface area contributed by atoms with E-state index >= 15 is 0 Å². The van der Waals surface area contributed by atoms with Crippen molar-refractivity contribution in [3.8, 4) is 0 Å². The molecule has 0 saturated carbocycles. The van der Waals surface area contributed by atoms with Crippen LogP contribution in [0.15, 0.2) is 24.7 Å². The minimum Gasteiger partial charge on any atom is -0.314 e. The Bertz CT molecular complexity index is 890. The average molecular weight is 927 g/mol. The van der Waals surface area contributed by atoms with Crippen LogP contribution in [-0.2, 0) is 63.4 Å². The number of rotatable bonds is 56. The molecule has 0 unspecified atom stereocenters. The minimum atomic E-state index is -4.17. The van der Waals surface area contributed by atoms with Crippen LogP contribution in [-0.4, -0.2) is 31.3 Å². The summed E-state index contributed by atoms with van der Waals surface area (Å²) < 4.78 is 21.9. The fourth-order valence-corrected chi connectivity index (χ4v) is 7.76. The molecule has 0 fully saturated rings. The van der Waals surface area contributed by atoms with Crippen LogP contribution < -0.4 is 0 Å². The molecule has 0 amide bonds. The van der Waals surface area contributed by atoms with Gasteiger partial charge in [-0.2, -0.15) is 0 Å². The molecule has 0 rings (SSSR count). The molecule has 0 radical (unpaired) electrons. The third kappa shape index (κ3) is 56.9. The van der Waals surface area contributed by atoms with E-state index in [1.54, 1.807) is 0 Å². The summed E-state index contributed by atoms with van der Waals surface area (Å²) in [4.78, 5) is 28.8. The highest BCUT2D eigenvalue weighted by molar-refractivity contribution is 7.47. The molecular formula is C48H95O14P. The molecule has 0 aliphatic heterocycles. The number of allylic oxidation sites excluding steroid dienone is 2. The van der Waals surface area contributed by atoms with Crippen LogP contribution in [0.2, 0.25) is 0 Å². The molecule has 0 heterocycles. The first-order chi connectivity index (χ1) is 31.1. The van der Waals surface area contributed by atoms with Gasteiger partial charge in [-0.3, -0.25) is 9.05 Å². The van der Waals surface area contributed by atoms with Crippen molar-refractivity contribution >= 4 is 7.82 Å². The quantitative estimate of drug-likeness (QED) is 0.0203. The molecule has 0 aliphatic rings. The molecular weight excluding hydrogens is 831 g/mol. The Labute approximate surface area is 384 Å². The lowest BCUT2D eigenvalue weighted by molar-refractivity contribution is -0.700. The Kier molecular flexibility index (Phi) is 54.2. The molecule has 376 valence electrons. The summed E-state index contributed by atoms with van der Waals surface area (Å²) >= 11 is 0. The van der Waals surface area contributed by atoms with Crippen LogP contribution in [0, 0.1) is 0 Å². The van der Waals surface area contributed by atoms with Gasteiger partial charge in [0.25, 0.3) is 0 Å². The van der Waals surface area contributed by atoms with Crippen LogP contribution in [0.25, 0.3) is 0 Å². The third-order valence-corrected chi connectivity index (χ3v) is 11.8. The van der Waals surface area contributed by atoms with Crippen LogP contribution in [0.4, 0.5) is 0 Å². The molecule has 63 heavy (non-hydrogen) atoms. The summed E-state index contributed by atoms with van der Waals surface area (Å²) in [7, 11) is -4.17. The number of phosphoric acid groups is 1. The Morgan fingerprint density at radius 1 is 0.333 bits per heavy atom. The molecule has 0 aromatic rings. The predicted molar refractivity (Wildman–Crippen MR) is 247 cm³/mol. The van der Waals surface area contributed by atoms with Crippen molar-refractivity contribution in [3.63, 3.8) is 0 Å². The smallest absolute Gasteiger partial charge is 0.314 e. The second-order valence-electron chi connectivity index (χ2n) is 16.7. The van der Waals surface area contributed by atoms with Crippen LogP contribution in [0.3, 0.4) is 0 Å². The second-order valence-corrected chi connectivity index (χ2v) is 18.2. The van der Waals surface area contributed by atoms with E-state index in [9.17, 15) is 9.46 Å². The van der Waals surface area contributed by atoms with Crippen molar-refractivity contribution in [1.29, 1.82) is 0 Å². The predicted octanol–water partition coefficient (Wildman–Crippen LogP) is 16.5. The Morgan fingerprint density at radius 2 is 0.603 bits per heavy atom. The van der Waals surface area contributed by atoms with Gasteiger partial charge >= 0.3 is 7.82 Å². The molecule has 0 spiro atoms. The lowest BCUT2D eigenvalue weighted by Crippen LogP contribution is -2.03. The maximum absolute atomic E-state index is 12.0. The van der Waals surface area contributed by atoms with Gasteiger partial charge in [-0.25, -0.2) is 14.3 Å². The maximum Gasteiger partial charge on any atom is 0.472 e. The van der Waals surface area contributed by atoms with Crippen molar-refractivity contribution in [1.82, 2.24) is 0 Å². The van der Waals surface area contributed by atoms with Crippen LogP contribution in [0.5, 0.6) is 0 Å². The molecule has 0 bridgehead atoms. The number of hydrogen-bond acceptors (Lipinski definition) is 13. The molecule has 0 aromatic heterocycles. The monoisotopic (exact) mass is 927 g/mol. The largest absolute Gasteiger partial charge is 0.472 e. The summed E-state index contributed by atoms with van der Waals surface area (Å²) in [5.41, 5.74) is 0. The van der Waals surface area contributed by atoms with E-state index < -0.39 is 7.82 Å². The summed E-state index contributed by atoms with van der Waals surface area (Å²) in [6.07, 6.45) is 53.3. The van der Waals surface area contributed by atoms with E-state index in [0.717, 1.165) is 25.7 Å². The highest BCUT2D eigenvalue weighted by Gasteiger charge is 2.20. The van der Waals surface area contributed by atoms with Crippen molar-refractivity contribution in [2.45, 2.75) is 258 Å². The van der Waals surface area contributed by atoms with Crippen LogP contribution >= 0.6 is 7.82 Å². The van der Waals surface area contributed by atoms with E-state index in [1.165, 1.54) is 205 Å². The number of phosphoric ester groups is 1. The van der Waals surface area contributed by atoms with Crippen molar-refractivity contribution < 1.29 is 68.3 Å². The Hall–Kier alpha value is -1.13. The van der Waals surface area contributed by atoms with Gasteiger partial charge in [-0.05, 0) is 73.6 Å². The SMILES string of the molecule is CCCCCCCCCCCCCCCCCCC=COOOOOCCCCOP(=O)(O)OCCCCOOOOOC=CCCCCCCCCCCCCCCCCCC. The van der Waals surface area contributed by atoms with Gasteiger partial charge in [0.05, 0.1) is 26.4 Å². The number of hydrogen-bond donors (Lipinski definition) is 1. The topological polar surface area (TPSA) is 148 Å². The van der Waals surface area contributed by atoms with Crippen molar-refractivity contribution in [2.24, 2.45) is 0 Å². The zero-order chi connectivity index (χ0) is 45.5. The third-order valence-electron chi connectivity index (χ3n) is 10.8. The minimum absolute atomic E-state index is 0.00706. The fourth-order valence-electron chi connectivity index (χ4n) is 6.97. The number of unbranched alkanes of at least 4 members (excludes halogenated alkanes) is 34. The van der Waals surface area contributed by atoms with Gasteiger partial charge in [0.15, 0.2) is 0 Å². The van der Waals surface area contributed by atoms with Gasteiger partial charge in [0.1, 0.15) is 12.5 Å². The summed E-state index contributed by atoms with van der Waals surface area (Å²) in [6, 6.07) is 0. The normalized spacial score (nSPS) is 12.9. The fraction of sp³-hybridized carbons (Fsp3) is 0.917. The summed E-state index contributed by atoms with van der Waals surface area (Å²) in [5.74, 6) is 0. The second kappa shape index (κ2) is 55.2. The van der Waals surface area contributed by atoms with Gasteiger partial charge in [-0.15, -0.1) is 0 Å². The van der Waals surface area contributed by atoms with Crippen molar-refractivity contribution in [2.75, 3.05) is 26.4 Å². The zero-order valence-electron chi connectivity index (χ0n) is 40.2. The first-order valence-electron chi connectivity index (χ1n) is 25.6. The van der Waals surface area contributed by atoms with Crippen LogP contribution in [0.1, 0.15) is 258 Å². The average Bonchev–Trinajstić information content (AvgIpc) is 3.28. The van der Waals surface area contributed by atoms with Gasteiger partial charge in [-0.1, -0.05) is 206 Å². The van der Waals surface area contributed by atoms with E-state index in [4.69, 9.17) is 28.6 Å². The van der Waals surface area contributed by atoms with Gasteiger partial charge in [0, 0.05) is 20.2 Å². The Balaban J connectivity index is 3.29. The first-order valence-corrected chi connectivity index (χ1v) is 27.1. The molecule has 0 aromatic carbocycles. The highest BCUT2D eigenvalue weighted by Crippen LogP contribution is 2.43. The summed E-state index contributed by atoms with van der Waals surface area (Å²) in [6.45, 7) is 4.81. The molecule has 1 N–H and O–H groups in total. The molecule has 15 heteroatoms. The highest BCUT2D eigenvalue weighted by atomic mass is 31.2. The van der Waals surface area contributed by atoms with E-state index in [1.807, 2.05) is 12.2 Å². The van der Waals surface area contributed by atoms with E-state index in [0.29, 0.717) is 25.7 Å². The molecule has 0 atom stereocenters. The maximum atomic E-state index is 12.0. The standard InChI is InChI=1S/C48H95O14P/c1-3-5-7-9-11-13-15-17-19-21-23-25-27-29-31-33-35-37-43-51-57-61-59-53-45-39-41-47-55-63(49,50)56-48-42-40-46-54-60-62-58-52-44-38-36-34-32-30-28-26-24-22-20-18-16-14-12-10-8-6-4-2/h37-38,43-44H,3-36,39-42,45-48H2,1-2H3,(H,49,50). The van der Waals surface area contributed by atoms with Crippen molar-refractivity contribution in [3.05, 3.63) is 24.7 Å².